The van der Waals surface area contributed by atoms with Gasteiger partial charge in [-0.2, -0.15) is 0 Å². The molecular weight excluding hydrogens is 158 g/mol. The van der Waals surface area contributed by atoms with E-state index in [1.54, 1.807) is 0 Å². The van der Waals surface area contributed by atoms with Crippen molar-refractivity contribution in [2.75, 3.05) is 6.54 Å². The predicted octanol–water partition coefficient (Wildman–Crippen LogP) is 2.96. The van der Waals surface area contributed by atoms with Gasteiger partial charge in [-0.05, 0) is 20.3 Å². The maximum absolute atomic E-state index is 3.47. The Labute approximate surface area is 83.3 Å². The van der Waals surface area contributed by atoms with Gasteiger partial charge in [-0.3, -0.25) is 0 Å². The molecule has 0 spiro atoms. The molecule has 1 atom stereocenters. The van der Waals surface area contributed by atoms with Crippen molar-refractivity contribution in [3.63, 3.8) is 0 Å². The Morgan fingerprint density at radius 1 is 1.31 bits per heavy atom. The second kappa shape index (κ2) is 9.61. The maximum Gasteiger partial charge on any atom is 0.0214 e. The first-order valence-electron chi connectivity index (χ1n) is 5.44. The highest BCUT2D eigenvalue weighted by atomic mass is 14.9. The average molecular weight is 181 g/mol. The summed E-state index contributed by atoms with van der Waals surface area (Å²) in [6, 6.07) is 0.658. The molecule has 76 valence electrons. The minimum absolute atomic E-state index is 0.658. The first-order valence-corrected chi connectivity index (χ1v) is 5.44. The predicted molar refractivity (Wildman–Crippen MR) is 59.7 cm³/mol. The van der Waals surface area contributed by atoms with Gasteiger partial charge in [0, 0.05) is 19.0 Å². The first kappa shape index (κ1) is 12.5. The fourth-order valence-corrected chi connectivity index (χ4v) is 1.31. The molecule has 0 rings (SSSR count). The van der Waals surface area contributed by atoms with E-state index in [1.807, 2.05) is 6.92 Å². The van der Waals surface area contributed by atoms with Crippen LogP contribution in [0.15, 0.2) is 0 Å². The molecule has 0 aliphatic heterocycles. The third-order valence-electron chi connectivity index (χ3n) is 2.16. The maximum atomic E-state index is 3.47. The number of nitrogens with one attached hydrogen (secondary N) is 1. The van der Waals surface area contributed by atoms with Gasteiger partial charge in [0.25, 0.3) is 0 Å². The van der Waals surface area contributed by atoms with Crippen LogP contribution >= 0.6 is 0 Å². The van der Waals surface area contributed by atoms with E-state index in [2.05, 4.69) is 31.0 Å². The quantitative estimate of drug-likeness (QED) is 0.470. The molecule has 0 saturated heterocycles. The monoisotopic (exact) mass is 181 g/mol. The normalized spacial score (nSPS) is 11.9. The van der Waals surface area contributed by atoms with Crippen molar-refractivity contribution in [1.82, 2.24) is 5.32 Å². The van der Waals surface area contributed by atoms with Gasteiger partial charge in [-0.15, -0.1) is 11.8 Å². The summed E-state index contributed by atoms with van der Waals surface area (Å²) in [6.07, 6.45) is 6.31. The smallest absolute Gasteiger partial charge is 0.0214 e. The number of rotatable bonds is 7. The van der Waals surface area contributed by atoms with Crippen LogP contribution in [0.2, 0.25) is 0 Å². The molecule has 0 aliphatic carbocycles. The molecule has 0 aromatic rings. The molecule has 0 bridgehead atoms. The second-order valence-electron chi connectivity index (χ2n) is 3.53. The lowest BCUT2D eigenvalue weighted by atomic mass is 10.1. The Morgan fingerprint density at radius 3 is 2.69 bits per heavy atom. The Balaban J connectivity index is 3.17. The summed E-state index contributed by atoms with van der Waals surface area (Å²) in [5.74, 6) is 5.96. The van der Waals surface area contributed by atoms with Gasteiger partial charge in [0.05, 0.1) is 0 Å². The third kappa shape index (κ3) is 9.43. The molecule has 0 saturated carbocycles. The van der Waals surface area contributed by atoms with Gasteiger partial charge in [0.2, 0.25) is 0 Å². The van der Waals surface area contributed by atoms with E-state index in [9.17, 15) is 0 Å². The lowest BCUT2D eigenvalue weighted by Gasteiger charge is -2.11. The third-order valence-corrected chi connectivity index (χ3v) is 2.16. The molecule has 1 heteroatoms. The van der Waals surface area contributed by atoms with E-state index in [4.69, 9.17) is 0 Å². The molecule has 0 aromatic carbocycles. The summed E-state index contributed by atoms with van der Waals surface area (Å²) < 4.78 is 0. The highest BCUT2D eigenvalue weighted by Crippen LogP contribution is 2.02. The fourth-order valence-electron chi connectivity index (χ4n) is 1.31. The summed E-state index contributed by atoms with van der Waals surface area (Å²) in [6.45, 7) is 7.43. The molecule has 13 heavy (non-hydrogen) atoms. The fraction of sp³-hybridized carbons (Fsp3) is 0.833. The Hall–Kier alpha value is -0.480. The van der Waals surface area contributed by atoms with Crippen LogP contribution in [0.5, 0.6) is 0 Å². The number of unbranched alkanes of at least 4 members (excludes halogenated alkanes) is 2. The molecule has 0 aliphatic rings. The average Bonchev–Trinajstić information content (AvgIpc) is 2.13. The molecule has 1 nitrogen and oxygen atoms in total. The van der Waals surface area contributed by atoms with E-state index < -0.39 is 0 Å². The molecule has 0 fully saturated rings. The van der Waals surface area contributed by atoms with Crippen LogP contribution in [-0.4, -0.2) is 12.6 Å². The van der Waals surface area contributed by atoms with Crippen molar-refractivity contribution in [2.45, 2.75) is 58.9 Å². The van der Waals surface area contributed by atoms with Crippen molar-refractivity contribution in [3.05, 3.63) is 0 Å². The largest absolute Gasteiger partial charge is 0.313 e. The standard InChI is InChI=1S/C12H23N/c1-4-6-8-10-12(3)13-11-9-7-5-2/h12-13H,4,6,8-11H2,1-3H3. The molecule has 0 radical (unpaired) electrons. The van der Waals surface area contributed by atoms with Crippen LogP contribution in [-0.2, 0) is 0 Å². The topological polar surface area (TPSA) is 12.0 Å². The molecule has 1 unspecified atom stereocenters. The van der Waals surface area contributed by atoms with Gasteiger partial charge < -0.3 is 5.32 Å². The van der Waals surface area contributed by atoms with Gasteiger partial charge in [-0.25, -0.2) is 0 Å². The minimum Gasteiger partial charge on any atom is -0.313 e. The lowest BCUT2D eigenvalue weighted by Crippen LogP contribution is -2.26. The summed E-state index contributed by atoms with van der Waals surface area (Å²) in [4.78, 5) is 0. The molecule has 1 N–H and O–H groups in total. The highest BCUT2D eigenvalue weighted by Gasteiger charge is 1.98. The van der Waals surface area contributed by atoms with Crippen molar-refractivity contribution in [2.24, 2.45) is 0 Å². The van der Waals surface area contributed by atoms with Crippen molar-refractivity contribution < 1.29 is 0 Å². The van der Waals surface area contributed by atoms with E-state index in [0.29, 0.717) is 6.04 Å². The van der Waals surface area contributed by atoms with E-state index in [-0.39, 0.29) is 0 Å². The van der Waals surface area contributed by atoms with Crippen LogP contribution in [0.3, 0.4) is 0 Å². The van der Waals surface area contributed by atoms with Gasteiger partial charge in [0.15, 0.2) is 0 Å². The van der Waals surface area contributed by atoms with Crippen LogP contribution in [0, 0.1) is 11.8 Å². The summed E-state index contributed by atoms with van der Waals surface area (Å²) >= 11 is 0. The van der Waals surface area contributed by atoms with E-state index in [1.165, 1.54) is 25.7 Å². The van der Waals surface area contributed by atoms with Crippen LogP contribution in [0.1, 0.15) is 52.9 Å². The molecule has 0 amide bonds. The van der Waals surface area contributed by atoms with Crippen molar-refractivity contribution in [1.29, 1.82) is 0 Å². The van der Waals surface area contributed by atoms with Crippen molar-refractivity contribution >= 4 is 0 Å². The Morgan fingerprint density at radius 2 is 2.08 bits per heavy atom. The molecule has 0 heterocycles. The zero-order chi connectivity index (χ0) is 9.94. The second-order valence-corrected chi connectivity index (χ2v) is 3.53. The SMILES string of the molecule is CC#CCCNC(C)CCCCC. The first-order chi connectivity index (χ1) is 6.31. The highest BCUT2D eigenvalue weighted by molar-refractivity contribution is 4.95. The Kier molecular flexibility index (Phi) is 9.25. The van der Waals surface area contributed by atoms with E-state index >= 15 is 0 Å². The van der Waals surface area contributed by atoms with Gasteiger partial charge in [0.1, 0.15) is 0 Å². The van der Waals surface area contributed by atoms with E-state index in [0.717, 1.165) is 13.0 Å². The van der Waals surface area contributed by atoms with Gasteiger partial charge in [-0.1, -0.05) is 26.2 Å². The summed E-state index contributed by atoms with van der Waals surface area (Å²) in [5, 5.41) is 3.47. The summed E-state index contributed by atoms with van der Waals surface area (Å²) in [5.41, 5.74) is 0. The number of hydrogen-bond acceptors (Lipinski definition) is 1. The van der Waals surface area contributed by atoms with Crippen LogP contribution < -0.4 is 5.32 Å². The lowest BCUT2D eigenvalue weighted by molar-refractivity contribution is 0.494. The minimum atomic E-state index is 0.658. The number of hydrogen-bond donors (Lipinski definition) is 1. The Bertz CT molecular complexity index is 152. The summed E-state index contributed by atoms with van der Waals surface area (Å²) in [7, 11) is 0. The molecular formula is C12H23N. The van der Waals surface area contributed by atoms with Gasteiger partial charge >= 0.3 is 0 Å². The van der Waals surface area contributed by atoms with Crippen LogP contribution in [0.25, 0.3) is 0 Å². The zero-order valence-corrected chi connectivity index (χ0v) is 9.32. The van der Waals surface area contributed by atoms with Crippen molar-refractivity contribution in [3.8, 4) is 11.8 Å². The molecule has 0 aromatic heterocycles. The van der Waals surface area contributed by atoms with Crippen LogP contribution in [0.4, 0.5) is 0 Å². The zero-order valence-electron chi connectivity index (χ0n) is 9.32.